The molecule has 0 atom stereocenters. The van der Waals surface area contributed by atoms with E-state index in [1.807, 2.05) is 6.07 Å². The second-order valence-corrected chi connectivity index (χ2v) is 6.17. The fraction of sp³-hybridized carbons (Fsp3) is 0.467. The van der Waals surface area contributed by atoms with E-state index in [0.29, 0.717) is 0 Å². The van der Waals surface area contributed by atoms with Crippen molar-refractivity contribution in [3.63, 3.8) is 0 Å². The first-order chi connectivity index (χ1) is 8.79. The summed E-state index contributed by atoms with van der Waals surface area (Å²) in [7, 11) is 0. The average Bonchev–Trinajstić information content (AvgIpc) is 3.12. The van der Waals surface area contributed by atoms with E-state index in [1.54, 1.807) is 23.5 Å². The molecule has 1 saturated carbocycles. The van der Waals surface area contributed by atoms with Crippen molar-refractivity contribution in [1.29, 1.82) is 0 Å². The second-order valence-electron chi connectivity index (χ2n) is 5.03. The van der Waals surface area contributed by atoms with Gasteiger partial charge in [0.1, 0.15) is 5.82 Å². The molecule has 0 spiro atoms. The van der Waals surface area contributed by atoms with Crippen molar-refractivity contribution in [2.24, 2.45) is 0 Å². The molecule has 1 aliphatic carbocycles. The van der Waals surface area contributed by atoms with Gasteiger partial charge >= 0.3 is 0 Å². The number of benzene rings is 1. The van der Waals surface area contributed by atoms with Crippen molar-refractivity contribution >= 4 is 21.4 Å². The van der Waals surface area contributed by atoms with Crippen LogP contribution in [0.3, 0.4) is 0 Å². The summed E-state index contributed by atoms with van der Waals surface area (Å²) in [5.41, 5.74) is 1.48. The van der Waals surface area contributed by atoms with Gasteiger partial charge in [-0.3, -0.25) is 0 Å². The average molecular weight is 263 g/mol. The van der Waals surface area contributed by atoms with Gasteiger partial charge in [0.15, 0.2) is 0 Å². The summed E-state index contributed by atoms with van der Waals surface area (Å²) < 4.78 is 14.4. The Bertz CT molecular complexity index is 557. The van der Waals surface area contributed by atoms with Crippen molar-refractivity contribution < 1.29 is 4.39 Å². The van der Waals surface area contributed by atoms with Crippen LogP contribution >= 0.6 is 11.3 Å². The van der Waals surface area contributed by atoms with E-state index in [4.69, 9.17) is 0 Å². The summed E-state index contributed by atoms with van der Waals surface area (Å²) in [6.45, 7) is 4.16. The molecule has 0 radical (unpaired) electrons. The molecule has 1 aliphatic rings. The van der Waals surface area contributed by atoms with Crippen molar-refractivity contribution in [2.45, 2.75) is 38.6 Å². The topological polar surface area (TPSA) is 12.0 Å². The van der Waals surface area contributed by atoms with Crippen molar-refractivity contribution in [2.75, 3.05) is 6.54 Å². The highest BCUT2D eigenvalue weighted by molar-refractivity contribution is 7.19. The molecule has 1 aromatic carbocycles. The number of fused-ring (bicyclic) bond motifs is 1. The SMILES string of the molecule is CCCNCc1sc2cc(F)ccc2c1C1CC1. The van der Waals surface area contributed by atoms with Crippen LogP contribution in [0.2, 0.25) is 0 Å². The summed E-state index contributed by atoms with van der Waals surface area (Å²) in [5.74, 6) is 0.599. The van der Waals surface area contributed by atoms with Crippen LogP contribution in [0.1, 0.15) is 42.5 Å². The first kappa shape index (κ1) is 12.1. The maximum atomic E-state index is 13.3. The lowest BCUT2D eigenvalue weighted by molar-refractivity contribution is 0.630. The Morgan fingerprint density at radius 3 is 2.94 bits per heavy atom. The molecule has 1 fully saturated rings. The van der Waals surface area contributed by atoms with E-state index in [2.05, 4.69) is 12.2 Å². The third-order valence-corrected chi connectivity index (χ3v) is 4.63. The van der Waals surface area contributed by atoms with Crippen LogP contribution in [0.5, 0.6) is 0 Å². The van der Waals surface area contributed by atoms with Crippen LogP contribution in [-0.4, -0.2) is 6.54 Å². The summed E-state index contributed by atoms with van der Waals surface area (Å²) in [5, 5.41) is 4.74. The molecule has 0 aliphatic heterocycles. The van der Waals surface area contributed by atoms with Gasteiger partial charge in [-0.15, -0.1) is 11.3 Å². The number of nitrogens with one attached hydrogen (secondary N) is 1. The molecule has 1 aromatic heterocycles. The number of hydrogen-bond donors (Lipinski definition) is 1. The van der Waals surface area contributed by atoms with E-state index in [-0.39, 0.29) is 5.82 Å². The van der Waals surface area contributed by atoms with Gasteiger partial charge in [0.2, 0.25) is 0 Å². The van der Waals surface area contributed by atoms with Crippen LogP contribution < -0.4 is 5.32 Å². The van der Waals surface area contributed by atoms with E-state index in [9.17, 15) is 4.39 Å². The van der Waals surface area contributed by atoms with Gasteiger partial charge in [-0.05, 0) is 54.8 Å². The lowest BCUT2D eigenvalue weighted by atomic mass is 10.1. The van der Waals surface area contributed by atoms with Gasteiger partial charge in [0, 0.05) is 16.1 Å². The minimum Gasteiger partial charge on any atom is -0.312 e. The predicted molar refractivity (Wildman–Crippen MR) is 75.8 cm³/mol. The van der Waals surface area contributed by atoms with Crippen molar-refractivity contribution in [3.8, 4) is 0 Å². The lowest BCUT2D eigenvalue weighted by Gasteiger charge is -2.04. The molecular formula is C15H18FNS. The maximum Gasteiger partial charge on any atom is 0.124 e. The molecule has 1 N–H and O–H groups in total. The van der Waals surface area contributed by atoms with E-state index < -0.39 is 0 Å². The molecule has 2 aromatic rings. The third-order valence-electron chi connectivity index (χ3n) is 3.47. The maximum absolute atomic E-state index is 13.3. The van der Waals surface area contributed by atoms with Crippen LogP contribution in [0.25, 0.3) is 10.1 Å². The van der Waals surface area contributed by atoms with Gasteiger partial charge in [-0.1, -0.05) is 13.0 Å². The zero-order valence-electron chi connectivity index (χ0n) is 10.6. The third kappa shape index (κ3) is 2.29. The Balaban J connectivity index is 1.98. The number of halogens is 1. The van der Waals surface area contributed by atoms with Gasteiger partial charge in [-0.25, -0.2) is 4.39 Å². The Labute approximate surface area is 111 Å². The van der Waals surface area contributed by atoms with Crippen LogP contribution in [0, 0.1) is 5.82 Å². The molecule has 3 rings (SSSR count). The van der Waals surface area contributed by atoms with E-state index in [1.165, 1.54) is 28.7 Å². The normalized spacial score (nSPS) is 15.4. The molecule has 0 bridgehead atoms. The predicted octanol–water partition coefficient (Wildman–Crippen LogP) is 4.42. The van der Waals surface area contributed by atoms with Crippen molar-refractivity contribution in [3.05, 3.63) is 34.5 Å². The molecule has 3 heteroatoms. The van der Waals surface area contributed by atoms with Crippen molar-refractivity contribution in [1.82, 2.24) is 5.32 Å². The lowest BCUT2D eigenvalue weighted by Crippen LogP contribution is -2.13. The molecule has 0 unspecified atom stereocenters. The van der Waals surface area contributed by atoms with Gasteiger partial charge in [-0.2, -0.15) is 0 Å². The smallest absolute Gasteiger partial charge is 0.124 e. The zero-order valence-corrected chi connectivity index (χ0v) is 11.4. The Morgan fingerprint density at radius 2 is 2.22 bits per heavy atom. The fourth-order valence-corrected chi connectivity index (χ4v) is 3.76. The molecule has 96 valence electrons. The van der Waals surface area contributed by atoms with E-state index in [0.717, 1.165) is 30.1 Å². The first-order valence-corrected chi connectivity index (χ1v) is 7.52. The molecule has 18 heavy (non-hydrogen) atoms. The molecule has 0 saturated heterocycles. The minimum atomic E-state index is -0.126. The van der Waals surface area contributed by atoms with Crippen LogP contribution in [-0.2, 0) is 6.54 Å². The molecule has 1 nitrogen and oxygen atoms in total. The van der Waals surface area contributed by atoms with Crippen LogP contribution in [0.4, 0.5) is 4.39 Å². The Hall–Kier alpha value is -0.930. The van der Waals surface area contributed by atoms with E-state index >= 15 is 0 Å². The highest BCUT2D eigenvalue weighted by atomic mass is 32.1. The second kappa shape index (κ2) is 4.98. The summed E-state index contributed by atoms with van der Waals surface area (Å²) in [6.07, 6.45) is 3.74. The summed E-state index contributed by atoms with van der Waals surface area (Å²) in [6, 6.07) is 5.22. The first-order valence-electron chi connectivity index (χ1n) is 6.71. The molecule has 0 amide bonds. The Kier molecular flexibility index (Phi) is 3.35. The minimum absolute atomic E-state index is 0.126. The number of hydrogen-bond acceptors (Lipinski definition) is 2. The summed E-state index contributed by atoms with van der Waals surface area (Å²) >= 11 is 1.75. The van der Waals surface area contributed by atoms with Gasteiger partial charge < -0.3 is 5.32 Å². The quantitative estimate of drug-likeness (QED) is 0.787. The summed E-state index contributed by atoms with van der Waals surface area (Å²) in [4.78, 5) is 1.41. The van der Waals surface area contributed by atoms with Gasteiger partial charge in [0.05, 0.1) is 0 Å². The van der Waals surface area contributed by atoms with Crippen LogP contribution in [0.15, 0.2) is 18.2 Å². The molecule has 1 heterocycles. The molecular weight excluding hydrogens is 245 g/mol. The largest absolute Gasteiger partial charge is 0.312 e. The highest BCUT2D eigenvalue weighted by Gasteiger charge is 2.29. The fourth-order valence-electron chi connectivity index (χ4n) is 2.47. The standard InChI is InChI=1S/C15H18FNS/c1-2-7-17-9-14-15(10-3-4-10)12-6-5-11(16)8-13(12)18-14/h5-6,8,10,17H,2-4,7,9H2,1H3. The number of rotatable bonds is 5. The highest BCUT2D eigenvalue weighted by Crippen LogP contribution is 2.48. The zero-order chi connectivity index (χ0) is 12.5. The monoisotopic (exact) mass is 263 g/mol. The van der Waals surface area contributed by atoms with Gasteiger partial charge in [0.25, 0.3) is 0 Å². The Morgan fingerprint density at radius 1 is 1.39 bits per heavy atom. The number of thiophene rings is 1.